The van der Waals surface area contributed by atoms with E-state index in [-0.39, 0.29) is 36.1 Å². The summed E-state index contributed by atoms with van der Waals surface area (Å²) in [5, 5.41) is 9.72. The molecule has 0 bridgehead atoms. The van der Waals surface area contributed by atoms with E-state index in [0.29, 0.717) is 11.0 Å². The fourth-order valence-electron chi connectivity index (χ4n) is 3.28. The topological polar surface area (TPSA) is 125 Å². The Balaban J connectivity index is 1.61. The van der Waals surface area contributed by atoms with Gasteiger partial charge in [-0.15, -0.1) is 5.10 Å². The zero-order valence-electron chi connectivity index (χ0n) is 14.7. The van der Waals surface area contributed by atoms with Crippen molar-refractivity contribution in [3.05, 3.63) is 30.1 Å². The number of rotatable bonds is 3. The summed E-state index contributed by atoms with van der Waals surface area (Å²) in [4.78, 5) is 14.3. The lowest BCUT2D eigenvalue weighted by atomic mass is 10.0. The van der Waals surface area contributed by atoms with E-state index in [1.807, 2.05) is 0 Å². The predicted octanol–water partition coefficient (Wildman–Crippen LogP) is 0.735. The first-order valence-corrected chi connectivity index (χ1v) is 10.4. The van der Waals surface area contributed by atoms with Gasteiger partial charge in [-0.2, -0.15) is 13.1 Å². The highest BCUT2D eigenvalue weighted by Crippen LogP contribution is 2.30. The van der Waals surface area contributed by atoms with Gasteiger partial charge in [0.2, 0.25) is 10.0 Å². The number of aromatic nitrogens is 5. The third kappa shape index (κ3) is 3.09. The maximum absolute atomic E-state index is 13.2. The number of sulfonamides is 1. The predicted molar refractivity (Wildman–Crippen MR) is 97.7 cm³/mol. The van der Waals surface area contributed by atoms with Gasteiger partial charge in [-0.3, -0.25) is 9.89 Å². The number of carbonyl (C=O) groups is 1. The van der Waals surface area contributed by atoms with Gasteiger partial charge in [-0.25, -0.2) is 8.42 Å². The molecule has 1 saturated heterocycles. The van der Waals surface area contributed by atoms with Gasteiger partial charge in [-0.1, -0.05) is 5.21 Å². The molecule has 1 aromatic carbocycles. The molecule has 2 aromatic heterocycles. The Bertz CT molecular complexity index is 1090. The molecule has 142 valence electrons. The highest BCUT2D eigenvalue weighted by Gasteiger charge is 2.43. The minimum Gasteiger partial charge on any atom is -0.334 e. The first-order chi connectivity index (χ1) is 12.8. The van der Waals surface area contributed by atoms with Crippen molar-refractivity contribution in [2.75, 3.05) is 19.6 Å². The van der Waals surface area contributed by atoms with Crippen molar-refractivity contribution < 1.29 is 13.2 Å². The second kappa shape index (κ2) is 6.32. The molecule has 0 radical (unpaired) electrons. The van der Waals surface area contributed by atoms with Crippen molar-refractivity contribution in [1.82, 2.24) is 33.4 Å². The van der Waals surface area contributed by atoms with Crippen LogP contribution >= 0.6 is 11.7 Å². The molecule has 0 saturated carbocycles. The molecule has 1 fully saturated rings. The van der Waals surface area contributed by atoms with Crippen LogP contribution in [0.15, 0.2) is 29.3 Å². The summed E-state index contributed by atoms with van der Waals surface area (Å²) in [6.07, 6.45) is 1.36. The van der Waals surface area contributed by atoms with Crippen LogP contribution in [0.2, 0.25) is 0 Å². The number of benzene rings is 1. The maximum Gasteiger partial charge on any atom is 0.273 e. The van der Waals surface area contributed by atoms with Crippen LogP contribution in [0.25, 0.3) is 11.0 Å². The molecule has 0 spiro atoms. The van der Waals surface area contributed by atoms with Crippen molar-refractivity contribution in [2.45, 2.75) is 24.3 Å². The van der Waals surface area contributed by atoms with Gasteiger partial charge in [0, 0.05) is 25.2 Å². The van der Waals surface area contributed by atoms with Crippen molar-refractivity contribution >= 4 is 38.7 Å². The van der Waals surface area contributed by atoms with E-state index in [0.717, 1.165) is 11.7 Å². The van der Waals surface area contributed by atoms with Crippen LogP contribution in [0.1, 0.15) is 24.3 Å². The quantitative estimate of drug-likeness (QED) is 0.678. The lowest BCUT2D eigenvalue weighted by molar-refractivity contribution is 0.0489. The maximum atomic E-state index is 13.2. The molecule has 0 unspecified atom stereocenters. The highest BCUT2D eigenvalue weighted by atomic mass is 32.2. The molecule has 10 nitrogen and oxygen atoms in total. The molecule has 3 heterocycles. The van der Waals surface area contributed by atoms with Gasteiger partial charge in [0.15, 0.2) is 0 Å². The van der Waals surface area contributed by atoms with Crippen LogP contribution in [0.3, 0.4) is 0 Å². The number of carbonyl (C=O) groups excluding carboxylic acids is 1. The third-order valence-electron chi connectivity index (χ3n) is 4.57. The summed E-state index contributed by atoms with van der Waals surface area (Å²) in [6.45, 7) is 4.33. The van der Waals surface area contributed by atoms with Crippen molar-refractivity contribution in [1.29, 1.82) is 0 Å². The largest absolute Gasteiger partial charge is 0.334 e. The molecular formula is C15H17N7O3S2. The molecule has 27 heavy (non-hydrogen) atoms. The Kier molecular flexibility index (Phi) is 4.20. The first-order valence-electron chi connectivity index (χ1n) is 8.19. The fraction of sp³-hybridized carbons (Fsp3) is 0.400. The summed E-state index contributed by atoms with van der Waals surface area (Å²) in [6, 6.07) is 4.74. The summed E-state index contributed by atoms with van der Waals surface area (Å²) < 4.78 is 36.1. The number of amides is 1. The average molecular weight is 407 g/mol. The highest BCUT2D eigenvalue weighted by molar-refractivity contribution is 7.89. The molecule has 0 aliphatic carbocycles. The normalized spacial score (nSPS) is 18.1. The second-order valence-corrected chi connectivity index (χ2v) is 9.29. The van der Waals surface area contributed by atoms with Crippen LogP contribution < -0.4 is 0 Å². The standard InChI is InChI=1S/C15H17N7O3S2/c1-15(2)9-21(14(23)13-8-16-20-17-13)5-6-22(15)27(24,25)10-3-4-11-12(7-10)19-26-18-11/h3-4,7-8H,5-6,9H2,1-2H3,(H,16,17,20). The van der Waals surface area contributed by atoms with Gasteiger partial charge >= 0.3 is 0 Å². The van der Waals surface area contributed by atoms with E-state index in [4.69, 9.17) is 0 Å². The number of piperazine rings is 1. The van der Waals surface area contributed by atoms with Crippen LogP contribution in [-0.2, 0) is 10.0 Å². The zero-order valence-corrected chi connectivity index (χ0v) is 16.3. The number of hydrogen-bond acceptors (Lipinski definition) is 8. The number of nitrogens with zero attached hydrogens (tertiary/aromatic N) is 6. The summed E-state index contributed by atoms with van der Waals surface area (Å²) in [7, 11) is -3.74. The van der Waals surface area contributed by atoms with Gasteiger partial charge in [-0.05, 0) is 32.0 Å². The van der Waals surface area contributed by atoms with E-state index in [1.165, 1.54) is 16.6 Å². The smallest absolute Gasteiger partial charge is 0.273 e. The third-order valence-corrected chi connectivity index (χ3v) is 7.24. The number of fused-ring (bicyclic) bond motifs is 1. The SMILES string of the molecule is CC1(C)CN(C(=O)c2cnn[nH]2)CCN1S(=O)(=O)c1ccc2nsnc2c1. The fourth-order valence-corrected chi connectivity index (χ4v) is 5.58. The molecular weight excluding hydrogens is 390 g/mol. The van der Waals surface area contributed by atoms with Crippen molar-refractivity contribution in [3.63, 3.8) is 0 Å². The van der Waals surface area contributed by atoms with Crippen molar-refractivity contribution in [2.24, 2.45) is 0 Å². The zero-order chi connectivity index (χ0) is 19.2. The Hall–Kier alpha value is -2.44. The van der Waals surface area contributed by atoms with Crippen LogP contribution in [0.5, 0.6) is 0 Å². The lowest BCUT2D eigenvalue weighted by Crippen LogP contribution is -2.61. The molecule has 3 aromatic rings. The van der Waals surface area contributed by atoms with E-state index in [1.54, 1.807) is 30.9 Å². The second-order valence-electron chi connectivity index (χ2n) is 6.90. The van der Waals surface area contributed by atoms with E-state index < -0.39 is 15.6 Å². The Morgan fingerprint density at radius 2 is 2.00 bits per heavy atom. The van der Waals surface area contributed by atoms with Crippen LogP contribution in [0, 0.1) is 0 Å². The minimum atomic E-state index is -3.74. The molecule has 1 N–H and O–H groups in total. The molecule has 1 aliphatic rings. The summed E-state index contributed by atoms with van der Waals surface area (Å²) in [5.74, 6) is -0.250. The molecule has 4 rings (SSSR count). The van der Waals surface area contributed by atoms with Gasteiger partial charge < -0.3 is 4.90 Å². The average Bonchev–Trinajstić information content (AvgIpc) is 3.30. The number of H-pyrrole nitrogens is 1. The molecule has 1 amide bonds. The van der Waals surface area contributed by atoms with Gasteiger partial charge in [0.1, 0.15) is 16.7 Å². The van der Waals surface area contributed by atoms with Gasteiger partial charge in [0.25, 0.3) is 5.91 Å². The Labute approximate surface area is 159 Å². The van der Waals surface area contributed by atoms with Gasteiger partial charge in [0.05, 0.1) is 22.8 Å². The first kappa shape index (κ1) is 17.9. The molecule has 0 atom stereocenters. The van der Waals surface area contributed by atoms with Crippen LogP contribution in [-0.4, -0.2) is 72.9 Å². The number of aromatic amines is 1. The Morgan fingerprint density at radius 1 is 1.22 bits per heavy atom. The molecule has 1 aliphatic heterocycles. The van der Waals surface area contributed by atoms with E-state index in [2.05, 4.69) is 24.2 Å². The minimum absolute atomic E-state index is 0.174. The number of nitrogens with one attached hydrogen (secondary N) is 1. The number of hydrogen-bond donors (Lipinski definition) is 1. The van der Waals surface area contributed by atoms with E-state index >= 15 is 0 Å². The monoisotopic (exact) mass is 407 g/mol. The van der Waals surface area contributed by atoms with Crippen LogP contribution in [0.4, 0.5) is 0 Å². The Morgan fingerprint density at radius 3 is 2.70 bits per heavy atom. The summed E-state index contributed by atoms with van der Waals surface area (Å²) >= 11 is 1.04. The summed E-state index contributed by atoms with van der Waals surface area (Å²) in [5.41, 5.74) is 0.722. The van der Waals surface area contributed by atoms with Crippen molar-refractivity contribution in [3.8, 4) is 0 Å². The van der Waals surface area contributed by atoms with E-state index in [9.17, 15) is 13.2 Å². The molecule has 12 heteroatoms. The lowest BCUT2D eigenvalue weighted by Gasteiger charge is -2.45.